The molecule has 3 N–H and O–H groups in total. The number of carbonyl (C=O) groups excluding carboxylic acids is 1. The molecule has 7 nitrogen and oxygen atoms in total. The van der Waals surface area contributed by atoms with Crippen LogP contribution >= 0.6 is 11.3 Å². The van der Waals surface area contributed by atoms with E-state index in [1.807, 2.05) is 19.9 Å². The van der Waals surface area contributed by atoms with E-state index in [0.717, 1.165) is 29.0 Å². The van der Waals surface area contributed by atoms with Gasteiger partial charge in [-0.15, -0.1) is 0 Å². The molecule has 1 heterocycles. The number of benzene rings is 2. The topological polar surface area (TPSA) is 108 Å². The smallest absolute Gasteiger partial charge is 0.262 e. The molecule has 1 aliphatic carbocycles. The minimum atomic E-state index is -3.85. The van der Waals surface area contributed by atoms with Crippen LogP contribution in [0.1, 0.15) is 50.3 Å². The van der Waals surface area contributed by atoms with Crippen LogP contribution < -0.4 is 10.0 Å². The molecule has 35 heavy (non-hydrogen) atoms. The quantitative estimate of drug-likeness (QED) is 0.331. The molecule has 0 radical (unpaired) electrons. The first-order valence-electron chi connectivity index (χ1n) is 11.9. The summed E-state index contributed by atoms with van der Waals surface area (Å²) in [5, 5.41) is 13.0. The molecule has 1 fully saturated rings. The van der Waals surface area contributed by atoms with E-state index in [4.69, 9.17) is 0 Å². The summed E-state index contributed by atoms with van der Waals surface area (Å²) in [6.07, 6.45) is 5.80. The number of phenolic OH excluding ortho intramolecular Hbond substituents is 1. The lowest BCUT2D eigenvalue weighted by Gasteiger charge is -2.26. The van der Waals surface area contributed by atoms with Gasteiger partial charge >= 0.3 is 0 Å². The summed E-state index contributed by atoms with van der Waals surface area (Å²) in [6.45, 7) is 5.59. The molecule has 0 unspecified atom stereocenters. The molecular weight excluding hydrogens is 482 g/mol. The zero-order valence-corrected chi connectivity index (χ0v) is 21.8. The van der Waals surface area contributed by atoms with Crippen molar-refractivity contribution < 1.29 is 18.3 Å². The maximum Gasteiger partial charge on any atom is 0.262 e. The lowest BCUT2D eigenvalue weighted by atomic mass is 9.80. The van der Waals surface area contributed by atoms with Gasteiger partial charge in [-0.1, -0.05) is 49.7 Å². The van der Waals surface area contributed by atoms with Crippen molar-refractivity contribution in [2.75, 3.05) is 10.0 Å². The summed E-state index contributed by atoms with van der Waals surface area (Å²) in [5.41, 5.74) is 2.42. The van der Waals surface area contributed by atoms with E-state index in [1.54, 1.807) is 19.1 Å². The van der Waals surface area contributed by atoms with Crippen LogP contribution in [0.25, 0.3) is 10.4 Å². The number of nitrogens with zero attached hydrogens (tertiary/aromatic N) is 1. The Morgan fingerprint density at radius 2 is 1.77 bits per heavy atom. The third kappa shape index (κ3) is 5.85. The molecule has 4 rings (SSSR count). The van der Waals surface area contributed by atoms with Crippen LogP contribution in [-0.4, -0.2) is 24.4 Å². The Kier molecular flexibility index (Phi) is 7.47. The Morgan fingerprint density at radius 3 is 2.46 bits per heavy atom. The molecule has 1 amide bonds. The van der Waals surface area contributed by atoms with Crippen molar-refractivity contribution in [1.82, 2.24) is 4.98 Å². The average molecular weight is 514 g/mol. The van der Waals surface area contributed by atoms with E-state index in [-0.39, 0.29) is 22.5 Å². The normalized spacial score (nSPS) is 15.5. The molecule has 186 valence electrons. The number of hydrogen-bond donors (Lipinski definition) is 3. The summed E-state index contributed by atoms with van der Waals surface area (Å²) >= 11 is 1.35. The Labute approximate surface area is 210 Å². The van der Waals surface area contributed by atoms with E-state index in [1.165, 1.54) is 54.9 Å². The van der Waals surface area contributed by atoms with Gasteiger partial charge in [-0.2, -0.15) is 0 Å². The zero-order valence-electron chi connectivity index (χ0n) is 20.2. The summed E-state index contributed by atoms with van der Waals surface area (Å²) in [7, 11) is -3.85. The lowest BCUT2D eigenvalue weighted by Crippen LogP contribution is -2.28. The van der Waals surface area contributed by atoms with E-state index < -0.39 is 10.0 Å². The SMILES string of the molecule is Cc1ccc(-c2sc(NC(=O)[C@@H](C)C3CCCCC3)nc2C)cc1S(=O)(=O)Nc1ccc(O)cc1. The lowest BCUT2D eigenvalue weighted by molar-refractivity contribution is -0.121. The molecule has 1 aromatic heterocycles. The molecule has 9 heteroatoms. The molecule has 2 aromatic carbocycles. The van der Waals surface area contributed by atoms with E-state index in [0.29, 0.717) is 22.3 Å². The van der Waals surface area contributed by atoms with Gasteiger partial charge in [0.1, 0.15) is 5.75 Å². The second-order valence-corrected chi connectivity index (χ2v) is 11.9. The van der Waals surface area contributed by atoms with Crippen LogP contribution in [0.3, 0.4) is 0 Å². The molecule has 1 atom stereocenters. The van der Waals surface area contributed by atoms with Crippen molar-refractivity contribution >= 4 is 38.1 Å². The predicted molar refractivity (Wildman–Crippen MR) is 140 cm³/mol. The minimum Gasteiger partial charge on any atom is -0.508 e. The summed E-state index contributed by atoms with van der Waals surface area (Å²) in [5.74, 6) is 0.394. The predicted octanol–water partition coefficient (Wildman–Crippen LogP) is 6.09. The summed E-state index contributed by atoms with van der Waals surface area (Å²) < 4.78 is 28.8. The van der Waals surface area contributed by atoms with Gasteiger partial charge < -0.3 is 10.4 Å². The number of amides is 1. The Morgan fingerprint density at radius 1 is 1.09 bits per heavy atom. The monoisotopic (exact) mass is 513 g/mol. The number of carbonyl (C=O) groups is 1. The van der Waals surface area contributed by atoms with E-state index >= 15 is 0 Å². The number of rotatable bonds is 7. The fraction of sp³-hybridized carbons (Fsp3) is 0.385. The first kappa shape index (κ1) is 25.2. The van der Waals surface area contributed by atoms with Crippen molar-refractivity contribution in [1.29, 1.82) is 0 Å². The highest BCUT2D eigenvalue weighted by Gasteiger charge is 2.26. The number of anilines is 2. The number of aryl methyl sites for hydroxylation is 2. The third-order valence-electron chi connectivity index (χ3n) is 6.66. The van der Waals surface area contributed by atoms with Crippen LogP contribution in [0.15, 0.2) is 47.4 Å². The van der Waals surface area contributed by atoms with Crippen LogP contribution in [0.2, 0.25) is 0 Å². The first-order valence-corrected chi connectivity index (χ1v) is 14.1. The molecular formula is C26H31N3O4S2. The summed E-state index contributed by atoms with van der Waals surface area (Å²) in [6, 6.07) is 11.1. The van der Waals surface area contributed by atoms with Gasteiger partial charge in [0.25, 0.3) is 10.0 Å². The molecule has 0 bridgehead atoms. The van der Waals surface area contributed by atoms with Crippen LogP contribution in [-0.2, 0) is 14.8 Å². The van der Waals surface area contributed by atoms with Crippen molar-refractivity contribution in [3.05, 3.63) is 53.7 Å². The fourth-order valence-corrected chi connectivity index (χ4v) is 6.85. The fourth-order valence-electron chi connectivity index (χ4n) is 4.56. The molecule has 3 aromatic rings. The molecule has 1 saturated carbocycles. The number of phenols is 1. The minimum absolute atomic E-state index is 0.0116. The van der Waals surface area contributed by atoms with Gasteiger partial charge in [-0.05, 0) is 74.1 Å². The molecule has 0 spiro atoms. The highest BCUT2D eigenvalue weighted by molar-refractivity contribution is 7.92. The molecule has 0 aliphatic heterocycles. The standard InChI is InChI=1S/C26H31N3O4S2/c1-16-9-10-20(15-23(16)35(32,33)29-21-11-13-22(30)14-12-21)24-18(3)27-26(34-24)28-25(31)17(2)19-7-5-4-6-8-19/h9-15,17,19,29-30H,4-8H2,1-3H3,(H,27,28,31)/t17-/m0/s1. The first-order chi connectivity index (χ1) is 16.6. The number of nitrogens with one attached hydrogen (secondary N) is 2. The third-order valence-corrected chi connectivity index (χ3v) is 9.30. The van der Waals surface area contributed by atoms with Crippen LogP contribution in [0, 0.1) is 25.7 Å². The Hall–Kier alpha value is -2.91. The number of sulfonamides is 1. The van der Waals surface area contributed by atoms with Gasteiger partial charge in [-0.3, -0.25) is 9.52 Å². The number of thiazole rings is 1. The second kappa shape index (κ2) is 10.4. The molecule has 1 aliphatic rings. The summed E-state index contributed by atoms with van der Waals surface area (Å²) in [4.78, 5) is 18.4. The van der Waals surface area contributed by atoms with Gasteiger partial charge in [0.2, 0.25) is 5.91 Å². The average Bonchev–Trinajstić information content (AvgIpc) is 3.20. The maximum absolute atomic E-state index is 13.1. The van der Waals surface area contributed by atoms with Crippen molar-refractivity contribution in [3.8, 4) is 16.2 Å². The van der Waals surface area contributed by atoms with Gasteiger partial charge in [0.05, 0.1) is 15.5 Å². The second-order valence-electron chi connectivity index (χ2n) is 9.24. The van der Waals surface area contributed by atoms with Crippen LogP contribution in [0.4, 0.5) is 10.8 Å². The number of hydrogen-bond acceptors (Lipinski definition) is 6. The van der Waals surface area contributed by atoms with Crippen LogP contribution in [0.5, 0.6) is 5.75 Å². The maximum atomic E-state index is 13.1. The zero-order chi connectivity index (χ0) is 25.2. The van der Waals surface area contributed by atoms with Gasteiger partial charge in [0.15, 0.2) is 5.13 Å². The number of aromatic hydroxyl groups is 1. The van der Waals surface area contributed by atoms with E-state index in [2.05, 4.69) is 15.0 Å². The largest absolute Gasteiger partial charge is 0.508 e. The van der Waals surface area contributed by atoms with Crippen molar-refractivity contribution in [2.45, 2.75) is 57.8 Å². The van der Waals surface area contributed by atoms with Crippen molar-refractivity contribution in [3.63, 3.8) is 0 Å². The highest BCUT2D eigenvalue weighted by Crippen LogP contribution is 2.36. The van der Waals surface area contributed by atoms with Gasteiger partial charge in [-0.25, -0.2) is 13.4 Å². The van der Waals surface area contributed by atoms with Crippen molar-refractivity contribution in [2.24, 2.45) is 11.8 Å². The Balaban J connectivity index is 1.55. The Bertz CT molecular complexity index is 1310. The highest BCUT2D eigenvalue weighted by atomic mass is 32.2. The van der Waals surface area contributed by atoms with E-state index in [9.17, 15) is 18.3 Å². The molecule has 0 saturated heterocycles. The number of aromatic nitrogens is 1. The van der Waals surface area contributed by atoms with Gasteiger partial charge in [0, 0.05) is 11.6 Å².